The van der Waals surface area contributed by atoms with Gasteiger partial charge in [-0.25, -0.2) is 36.5 Å². The Kier molecular flexibility index (Phi) is 8.90. The molecule has 7 rings (SSSR count). The number of hydrogen-bond acceptors (Lipinski definition) is 8. The number of alkyl halides is 2. The van der Waals surface area contributed by atoms with Gasteiger partial charge in [-0.2, -0.15) is 0 Å². The normalized spacial score (nSPS) is 27.6. The van der Waals surface area contributed by atoms with Crippen LogP contribution in [0.1, 0.15) is 34.7 Å². The molecule has 54 heavy (non-hydrogen) atoms. The van der Waals surface area contributed by atoms with Crippen molar-refractivity contribution in [3.63, 3.8) is 0 Å². The number of aromatic hydroxyl groups is 2. The van der Waals surface area contributed by atoms with Gasteiger partial charge in [0.25, 0.3) is 11.8 Å². The van der Waals surface area contributed by atoms with E-state index in [-0.39, 0.29) is 42.8 Å². The number of halogens is 9. The van der Waals surface area contributed by atoms with E-state index in [1.165, 1.54) is 19.3 Å². The van der Waals surface area contributed by atoms with Crippen molar-refractivity contribution in [1.82, 2.24) is 0 Å². The fourth-order valence-electron chi connectivity index (χ4n) is 7.98. The fourth-order valence-corrected chi connectivity index (χ4v) is 9.87. The lowest BCUT2D eigenvalue weighted by molar-refractivity contribution is -0.125. The van der Waals surface area contributed by atoms with Crippen molar-refractivity contribution in [2.75, 3.05) is 16.9 Å². The lowest BCUT2D eigenvalue weighted by atomic mass is 9.56. The molecule has 11 nitrogen and oxygen atoms in total. The average Bonchev–Trinajstić information content (AvgIpc) is 3.47. The number of rotatable bonds is 5. The number of fused-ring (bicyclic) bond motifs is 4. The first-order valence-electron chi connectivity index (χ1n) is 15.4. The first kappa shape index (κ1) is 38.0. The number of amides is 4. The zero-order chi connectivity index (χ0) is 39.7. The highest BCUT2D eigenvalue weighted by Crippen LogP contribution is 2.67. The van der Waals surface area contributed by atoms with Crippen LogP contribution in [0, 0.1) is 46.8 Å². The maximum Gasteiger partial charge on any atom is 0.339 e. The van der Waals surface area contributed by atoms with Gasteiger partial charge in [0.1, 0.15) is 17.0 Å². The minimum Gasteiger partial charge on any atom is -0.507 e. The number of allylic oxidation sites excluding steroid dienone is 2. The van der Waals surface area contributed by atoms with Crippen LogP contribution in [0.3, 0.4) is 0 Å². The largest absolute Gasteiger partial charge is 0.507 e. The van der Waals surface area contributed by atoms with Crippen molar-refractivity contribution >= 4 is 96.0 Å². The van der Waals surface area contributed by atoms with Gasteiger partial charge in [0.15, 0.2) is 44.5 Å². The molecule has 2 aliphatic carbocycles. The zero-order valence-electron chi connectivity index (χ0n) is 26.7. The van der Waals surface area contributed by atoms with Gasteiger partial charge in [0.2, 0.25) is 17.6 Å². The molecule has 2 heterocycles. The minimum absolute atomic E-state index is 0.0205. The summed E-state index contributed by atoms with van der Waals surface area (Å²) in [6.07, 6.45) is 0.463. The third-order valence-electron chi connectivity index (χ3n) is 10.4. The summed E-state index contributed by atoms with van der Waals surface area (Å²) < 4.78 is 78.9. The second-order valence-corrected chi connectivity index (χ2v) is 15.7. The van der Waals surface area contributed by atoms with Crippen molar-refractivity contribution in [2.45, 2.75) is 28.5 Å². The van der Waals surface area contributed by atoms with E-state index in [2.05, 4.69) is 31.9 Å². The average molecular weight is 925 g/mol. The van der Waals surface area contributed by atoms with Crippen molar-refractivity contribution < 1.29 is 66.0 Å². The maximum atomic E-state index is 15.3. The molecule has 3 N–H and O–H groups in total. The molecular weight excluding hydrogens is 906 g/mol. The molecule has 0 radical (unpaired) electrons. The molecule has 1 saturated carbocycles. The van der Waals surface area contributed by atoms with Crippen LogP contribution in [0.5, 0.6) is 17.2 Å². The Hall–Kier alpha value is -4.26. The summed E-state index contributed by atoms with van der Waals surface area (Å²) in [5.41, 5.74) is -2.64. The van der Waals surface area contributed by atoms with E-state index in [1.54, 1.807) is 0 Å². The van der Waals surface area contributed by atoms with Gasteiger partial charge < -0.3 is 20.1 Å². The van der Waals surface area contributed by atoms with Gasteiger partial charge in [-0.1, -0.05) is 11.6 Å². The molecule has 20 heteroatoms. The number of aromatic carboxylic acids is 1. The molecule has 3 fully saturated rings. The molecular formula is C34H19Br2Cl2F5N2O9. The Morgan fingerprint density at radius 2 is 1.48 bits per heavy atom. The Morgan fingerprint density at radius 3 is 2.06 bits per heavy atom. The van der Waals surface area contributed by atoms with Crippen molar-refractivity contribution in [1.29, 1.82) is 0 Å². The Labute approximate surface area is 326 Å². The number of carboxylic acids is 1. The molecule has 3 aromatic carbocycles. The second-order valence-electron chi connectivity index (χ2n) is 12.9. The third kappa shape index (κ3) is 4.78. The van der Waals surface area contributed by atoms with Gasteiger partial charge in [-0.05, 0) is 74.4 Å². The lowest BCUT2D eigenvalue weighted by Crippen LogP contribution is -2.60. The van der Waals surface area contributed by atoms with Gasteiger partial charge in [-0.15, -0.1) is 23.2 Å². The smallest absolute Gasteiger partial charge is 0.339 e. The summed E-state index contributed by atoms with van der Waals surface area (Å²) in [5, 5.41) is 30.4. The van der Waals surface area contributed by atoms with Gasteiger partial charge in [0.05, 0.1) is 29.1 Å². The van der Waals surface area contributed by atoms with E-state index >= 15 is 8.78 Å². The summed E-state index contributed by atoms with van der Waals surface area (Å²) in [5.74, 6) is -26.2. The number of carbonyl (C=O) groups excluding carboxylic acids is 4. The Balaban J connectivity index is 1.45. The zero-order valence-corrected chi connectivity index (χ0v) is 31.4. The van der Waals surface area contributed by atoms with Crippen LogP contribution >= 0.6 is 55.1 Å². The van der Waals surface area contributed by atoms with E-state index in [9.17, 15) is 52.5 Å². The molecule has 4 aliphatic rings. The number of nitrogens with zero attached hydrogens (tertiary/aromatic N) is 2. The molecule has 6 unspecified atom stereocenters. The number of carboxylic acid groups (broad SMARTS) is 1. The number of phenols is 2. The van der Waals surface area contributed by atoms with Gasteiger partial charge in [0, 0.05) is 16.5 Å². The highest BCUT2D eigenvalue weighted by atomic mass is 79.9. The predicted molar refractivity (Wildman–Crippen MR) is 184 cm³/mol. The molecule has 0 spiro atoms. The fraction of sp³-hybridized carbons (Fsp3) is 0.265. The number of hydrogen-bond donors (Lipinski definition) is 3. The maximum absolute atomic E-state index is 15.3. The standard InChI is InChI=1S/C34H19Br2Cl2F5N2O9/c1-54-16-7-13(19(35)20(36)27(16)47)18-10-4-5-12-17(29(49)44(28(12)48)9-2-3-11(30(50)51)15(46)6-9)14(10)8-33(37)31(52)45(32(53)34(18,33)38)26-24(42)22(40)21(39)23(41)25(26)43/h2-4,6-7,12,14,17-18,46-47H,5,8H2,1H3,(H,50,51). The van der Waals surface area contributed by atoms with Gasteiger partial charge >= 0.3 is 5.97 Å². The van der Waals surface area contributed by atoms with Crippen molar-refractivity contribution in [3.05, 3.63) is 85.1 Å². The summed E-state index contributed by atoms with van der Waals surface area (Å²) in [4.78, 5) is 63.3. The minimum atomic E-state index is -2.85. The molecule has 2 aliphatic heterocycles. The first-order valence-corrected chi connectivity index (χ1v) is 17.8. The number of imide groups is 2. The van der Waals surface area contributed by atoms with Crippen LogP contribution in [-0.4, -0.2) is 61.8 Å². The lowest BCUT2D eigenvalue weighted by Gasteiger charge is -2.51. The third-order valence-corrected chi connectivity index (χ3v) is 14.0. The molecule has 2 saturated heterocycles. The summed E-state index contributed by atoms with van der Waals surface area (Å²) in [7, 11) is 1.17. The number of methoxy groups -OCH3 is 1. The SMILES string of the molecule is COc1cc(C2C3=CCC4C(=O)N(c5ccc(C(=O)O)c(O)c5)C(=O)C4C3CC3(Cl)C(=O)N(c4c(F)c(F)c(F)c(F)c4F)C(=O)C23Cl)c(Br)c(Br)c1O. The highest BCUT2D eigenvalue weighted by Gasteiger charge is 2.77. The van der Waals surface area contributed by atoms with Crippen LogP contribution in [-0.2, 0) is 19.2 Å². The number of carbonyl (C=O) groups is 5. The number of phenolic OH excluding ortho intramolecular Hbond substituents is 1. The van der Waals surface area contributed by atoms with E-state index in [1.807, 2.05) is 0 Å². The monoisotopic (exact) mass is 922 g/mol. The predicted octanol–water partition coefficient (Wildman–Crippen LogP) is 6.79. The van der Waals surface area contributed by atoms with E-state index < -0.39 is 121 Å². The van der Waals surface area contributed by atoms with Crippen LogP contribution in [0.4, 0.5) is 33.3 Å². The highest BCUT2D eigenvalue weighted by molar-refractivity contribution is 9.13. The summed E-state index contributed by atoms with van der Waals surface area (Å²) >= 11 is 20.8. The Bertz CT molecular complexity index is 2320. The number of benzene rings is 3. The summed E-state index contributed by atoms with van der Waals surface area (Å²) in [6, 6.07) is 4.15. The molecule has 6 atom stereocenters. The van der Waals surface area contributed by atoms with Crippen molar-refractivity contribution in [3.8, 4) is 17.2 Å². The van der Waals surface area contributed by atoms with Crippen molar-refractivity contribution in [2.24, 2.45) is 17.8 Å². The molecule has 4 amide bonds. The summed E-state index contributed by atoms with van der Waals surface area (Å²) in [6.45, 7) is 0. The molecule has 0 aromatic heterocycles. The molecule has 3 aromatic rings. The second kappa shape index (κ2) is 12.6. The topological polar surface area (TPSA) is 162 Å². The number of ether oxygens (including phenoxy) is 1. The molecule has 282 valence electrons. The van der Waals surface area contributed by atoms with E-state index in [0.717, 1.165) is 18.2 Å². The van der Waals surface area contributed by atoms with Crippen LogP contribution in [0.25, 0.3) is 0 Å². The van der Waals surface area contributed by atoms with E-state index in [0.29, 0.717) is 4.90 Å². The van der Waals surface area contributed by atoms with Crippen LogP contribution in [0.15, 0.2) is 44.9 Å². The van der Waals surface area contributed by atoms with Crippen LogP contribution in [0.2, 0.25) is 0 Å². The molecule has 0 bridgehead atoms. The number of anilines is 2. The quantitative estimate of drug-likeness (QED) is 0.0625. The first-order chi connectivity index (χ1) is 25.3. The van der Waals surface area contributed by atoms with Crippen LogP contribution < -0.4 is 14.5 Å². The van der Waals surface area contributed by atoms with E-state index in [4.69, 9.17) is 27.9 Å². The Morgan fingerprint density at radius 1 is 0.870 bits per heavy atom. The van der Waals surface area contributed by atoms with Gasteiger partial charge in [-0.3, -0.25) is 19.2 Å².